The first-order valence-corrected chi connectivity index (χ1v) is 4.25. The largest absolute Gasteiger partial charge is 0.338 e. The minimum atomic E-state index is -0.347. The lowest BCUT2D eigenvalue weighted by Gasteiger charge is -1.98. The van der Waals surface area contributed by atoms with Gasteiger partial charge in [-0.3, -0.25) is 4.79 Å². The van der Waals surface area contributed by atoms with Crippen LogP contribution in [0.5, 0.6) is 0 Å². The van der Waals surface area contributed by atoms with Crippen molar-refractivity contribution in [2.24, 2.45) is 7.05 Å². The monoisotopic (exact) mass is 242 g/mol. The van der Waals surface area contributed by atoms with Gasteiger partial charge in [-0.15, -0.1) is 10.2 Å². The molecule has 0 aliphatic rings. The van der Waals surface area contributed by atoms with Crippen LogP contribution in [0.3, 0.4) is 0 Å². The quantitative estimate of drug-likeness (QED) is 0.731. The molecule has 1 N–H and O–H groups in total. The van der Waals surface area contributed by atoms with Gasteiger partial charge < -0.3 is 9.88 Å². The molecule has 6 heteroatoms. The SMILES string of the molecule is Cn1cnnc1CNC(=O)C#CBr. The van der Waals surface area contributed by atoms with Crippen molar-refractivity contribution in [1.29, 1.82) is 0 Å². The highest BCUT2D eigenvalue weighted by atomic mass is 79.9. The van der Waals surface area contributed by atoms with Crippen molar-refractivity contribution in [2.45, 2.75) is 6.54 Å². The Morgan fingerprint density at radius 1 is 1.85 bits per heavy atom. The van der Waals surface area contributed by atoms with Crippen molar-refractivity contribution < 1.29 is 4.79 Å². The second kappa shape index (κ2) is 4.62. The molecule has 0 bridgehead atoms. The Kier molecular flexibility index (Phi) is 3.46. The van der Waals surface area contributed by atoms with Crippen LogP contribution < -0.4 is 5.32 Å². The predicted octanol–water partition coefficient (Wildman–Crippen LogP) is -0.213. The van der Waals surface area contributed by atoms with Crippen LogP contribution >= 0.6 is 15.9 Å². The maximum Gasteiger partial charge on any atom is 0.297 e. The van der Waals surface area contributed by atoms with E-state index in [0.29, 0.717) is 12.4 Å². The Morgan fingerprint density at radius 2 is 2.62 bits per heavy atom. The van der Waals surface area contributed by atoms with Crippen LogP contribution in [0.4, 0.5) is 0 Å². The number of rotatable bonds is 2. The molecule has 0 saturated heterocycles. The third-order valence-electron chi connectivity index (χ3n) is 1.37. The summed E-state index contributed by atoms with van der Waals surface area (Å²) in [5.74, 6) is 2.62. The number of nitrogens with one attached hydrogen (secondary N) is 1. The van der Waals surface area contributed by atoms with E-state index in [2.05, 4.69) is 42.2 Å². The summed E-state index contributed by atoms with van der Waals surface area (Å²) in [5, 5.41) is 10.0. The van der Waals surface area contributed by atoms with E-state index in [1.807, 2.05) is 0 Å². The van der Waals surface area contributed by atoms with E-state index in [1.165, 1.54) is 0 Å². The zero-order valence-electron chi connectivity index (χ0n) is 6.91. The van der Waals surface area contributed by atoms with Gasteiger partial charge in [-0.05, 0) is 4.83 Å². The summed E-state index contributed by atoms with van der Waals surface area (Å²) in [6, 6.07) is 0. The molecule has 0 radical (unpaired) electrons. The number of carbonyl (C=O) groups is 1. The van der Waals surface area contributed by atoms with Gasteiger partial charge in [0.25, 0.3) is 5.91 Å². The number of carbonyl (C=O) groups excluding carboxylic acids is 1. The third kappa shape index (κ3) is 2.87. The fourth-order valence-electron chi connectivity index (χ4n) is 0.714. The summed E-state index contributed by atoms with van der Waals surface area (Å²) in [6.07, 6.45) is 1.57. The lowest BCUT2D eigenvalue weighted by molar-refractivity contribution is -0.115. The average Bonchev–Trinajstić information content (AvgIpc) is 2.48. The molecule has 1 amide bonds. The van der Waals surface area contributed by atoms with Crippen molar-refractivity contribution in [3.05, 3.63) is 12.2 Å². The van der Waals surface area contributed by atoms with Crippen molar-refractivity contribution in [3.63, 3.8) is 0 Å². The summed E-state index contributed by atoms with van der Waals surface area (Å²) in [7, 11) is 1.80. The topological polar surface area (TPSA) is 59.8 Å². The van der Waals surface area contributed by atoms with Gasteiger partial charge in [0.15, 0.2) is 5.82 Å². The Morgan fingerprint density at radius 3 is 3.15 bits per heavy atom. The second-order valence-corrected chi connectivity index (χ2v) is 2.66. The first-order chi connectivity index (χ1) is 6.24. The van der Waals surface area contributed by atoms with Crippen LogP contribution in [0, 0.1) is 10.8 Å². The van der Waals surface area contributed by atoms with Gasteiger partial charge >= 0.3 is 0 Å². The van der Waals surface area contributed by atoms with Gasteiger partial charge in [-0.2, -0.15) is 0 Å². The van der Waals surface area contributed by atoms with Crippen LogP contribution in [0.1, 0.15) is 5.82 Å². The molecule has 0 spiro atoms. The summed E-state index contributed by atoms with van der Waals surface area (Å²) >= 11 is 2.83. The molecule has 0 aromatic carbocycles. The first kappa shape index (κ1) is 9.74. The van der Waals surface area contributed by atoms with Crippen LogP contribution in [0.15, 0.2) is 6.33 Å². The van der Waals surface area contributed by atoms with Crippen molar-refractivity contribution >= 4 is 21.8 Å². The molecule has 1 rings (SSSR count). The minimum absolute atomic E-state index is 0.330. The number of halogens is 1. The van der Waals surface area contributed by atoms with E-state index in [9.17, 15) is 4.79 Å². The molecule has 1 heterocycles. The van der Waals surface area contributed by atoms with Gasteiger partial charge in [0.1, 0.15) is 6.33 Å². The van der Waals surface area contributed by atoms with E-state index >= 15 is 0 Å². The minimum Gasteiger partial charge on any atom is -0.338 e. The van der Waals surface area contributed by atoms with Gasteiger partial charge in [-0.1, -0.05) is 0 Å². The van der Waals surface area contributed by atoms with Gasteiger partial charge in [0.05, 0.1) is 6.54 Å². The zero-order valence-corrected chi connectivity index (χ0v) is 8.50. The normalized spacial score (nSPS) is 8.77. The highest BCUT2D eigenvalue weighted by Gasteiger charge is 2.01. The maximum atomic E-state index is 10.9. The van der Waals surface area contributed by atoms with Crippen molar-refractivity contribution in [1.82, 2.24) is 20.1 Å². The van der Waals surface area contributed by atoms with Gasteiger partial charge in [-0.25, -0.2) is 0 Å². The number of nitrogens with zero attached hydrogens (tertiary/aromatic N) is 3. The van der Waals surface area contributed by atoms with Crippen LogP contribution in [0.2, 0.25) is 0 Å². The summed E-state index contributed by atoms with van der Waals surface area (Å²) < 4.78 is 1.72. The standard InChI is InChI=1S/C7H7BrN4O/c1-12-5-10-11-6(12)4-9-7(13)2-3-8/h5H,4H2,1H3,(H,9,13). The molecule has 0 unspecified atom stereocenters. The second-order valence-electron chi connectivity index (χ2n) is 2.26. The van der Waals surface area contributed by atoms with Crippen molar-refractivity contribution in [2.75, 3.05) is 0 Å². The van der Waals surface area contributed by atoms with Crippen LogP contribution in [-0.4, -0.2) is 20.7 Å². The molecule has 0 aliphatic heterocycles. The molecular weight excluding hydrogens is 236 g/mol. The first-order valence-electron chi connectivity index (χ1n) is 3.46. The number of aryl methyl sites for hydroxylation is 1. The molecule has 68 valence electrons. The lowest BCUT2D eigenvalue weighted by atomic mass is 10.5. The molecule has 5 nitrogen and oxygen atoms in total. The Balaban J connectivity index is 2.47. The summed E-state index contributed by atoms with van der Waals surface area (Å²) in [4.78, 5) is 13.2. The Bertz CT molecular complexity index is 362. The predicted molar refractivity (Wildman–Crippen MR) is 49.6 cm³/mol. The summed E-state index contributed by atoms with van der Waals surface area (Å²) in [5.41, 5.74) is 0. The van der Waals surface area contributed by atoms with E-state index in [4.69, 9.17) is 0 Å². The van der Waals surface area contributed by atoms with Crippen LogP contribution in [0.25, 0.3) is 0 Å². The van der Waals surface area contributed by atoms with E-state index in [1.54, 1.807) is 17.9 Å². The van der Waals surface area contributed by atoms with Gasteiger partial charge in [0.2, 0.25) is 0 Å². The highest BCUT2D eigenvalue weighted by Crippen LogP contribution is 1.89. The van der Waals surface area contributed by atoms with Crippen LogP contribution in [-0.2, 0) is 18.4 Å². The summed E-state index contributed by atoms with van der Waals surface area (Å²) in [6.45, 7) is 0.330. The van der Waals surface area contributed by atoms with E-state index in [0.717, 1.165) is 0 Å². The molecule has 0 aliphatic carbocycles. The molecule has 1 aromatic heterocycles. The van der Waals surface area contributed by atoms with E-state index < -0.39 is 0 Å². The molecule has 13 heavy (non-hydrogen) atoms. The number of hydrogen-bond donors (Lipinski definition) is 1. The average molecular weight is 243 g/mol. The smallest absolute Gasteiger partial charge is 0.297 e. The van der Waals surface area contributed by atoms with E-state index in [-0.39, 0.29) is 5.91 Å². The van der Waals surface area contributed by atoms with Gasteiger partial charge in [0, 0.05) is 28.9 Å². The zero-order chi connectivity index (χ0) is 9.68. The molecule has 0 saturated carbocycles. The molecule has 0 fully saturated rings. The highest BCUT2D eigenvalue weighted by molar-refractivity contribution is 9.12. The lowest BCUT2D eigenvalue weighted by Crippen LogP contribution is -2.22. The molecule has 1 aromatic rings. The third-order valence-corrected chi connectivity index (χ3v) is 1.57. The Labute approximate surface area is 83.7 Å². The fraction of sp³-hybridized carbons (Fsp3) is 0.286. The maximum absolute atomic E-state index is 10.9. The Hall–Kier alpha value is -1.35. The van der Waals surface area contributed by atoms with Crippen molar-refractivity contribution in [3.8, 4) is 10.8 Å². The molecular formula is C7H7BrN4O. The number of amides is 1. The molecule has 0 atom stereocenters. The fourth-order valence-corrected chi connectivity index (χ4v) is 0.894. The number of aromatic nitrogens is 3. The number of hydrogen-bond acceptors (Lipinski definition) is 3.